The summed E-state index contributed by atoms with van der Waals surface area (Å²) < 4.78 is 12.8. The molecule has 0 aliphatic carbocycles. The molecule has 0 aliphatic heterocycles. The summed E-state index contributed by atoms with van der Waals surface area (Å²) in [6, 6.07) is 2.60. The SMILES string of the molecule is NCc1c(Cl)ccc(O)c1F. The highest BCUT2D eigenvalue weighted by molar-refractivity contribution is 6.31. The number of aromatic hydroxyl groups is 1. The van der Waals surface area contributed by atoms with Crippen LogP contribution in [-0.2, 0) is 6.54 Å². The molecule has 0 aliphatic rings. The molecule has 0 heterocycles. The van der Waals surface area contributed by atoms with E-state index in [2.05, 4.69) is 0 Å². The lowest BCUT2D eigenvalue weighted by atomic mass is 10.2. The van der Waals surface area contributed by atoms with Crippen LogP contribution in [0.2, 0.25) is 5.02 Å². The first-order chi connectivity index (χ1) is 5.16. The molecule has 4 heteroatoms. The fourth-order valence-electron chi connectivity index (χ4n) is 0.772. The van der Waals surface area contributed by atoms with Gasteiger partial charge in [0.25, 0.3) is 0 Å². The standard InChI is InChI=1S/C7H7ClFNO/c8-5-1-2-6(11)7(9)4(5)3-10/h1-2,11H,3,10H2. The number of halogens is 2. The topological polar surface area (TPSA) is 46.2 Å². The van der Waals surface area contributed by atoms with Crippen LogP contribution in [0.1, 0.15) is 5.56 Å². The van der Waals surface area contributed by atoms with Gasteiger partial charge in [0, 0.05) is 17.1 Å². The summed E-state index contributed by atoms with van der Waals surface area (Å²) in [6.45, 7) is -0.0148. The van der Waals surface area contributed by atoms with E-state index in [1.807, 2.05) is 0 Å². The van der Waals surface area contributed by atoms with E-state index >= 15 is 0 Å². The Balaban J connectivity index is 3.29. The molecule has 0 amide bonds. The van der Waals surface area contributed by atoms with Gasteiger partial charge in [0.15, 0.2) is 11.6 Å². The van der Waals surface area contributed by atoms with Gasteiger partial charge in [-0.1, -0.05) is 11.6 Å². The predicted molar refractivity (Wildman–Crippen MR) is 41.0 cm³/mol. The Hall–Kier alpha value is -0.800. The van der Waals surface area contributed by atoms with Crippen LogP contribution in [0.15, 0.2) is 12.1 Å². The van der Waals surface area contributed by atoms with Gasteiger partial charge in [-0.25, -0.2) is 4.39 Å². The number of hydrogen-bond acceptors (Lipinski definition) is 2. The summed E-state index contributed by atoms with van der Waals surface area (Å²) in [5.74, 6) is -1.16. The Kier molecular flexibility index (Phi) is 2.31. The number of phenolic OH excluding ortho intramolecular Hbond substituents is 1. The molecule has 0 unspecified atom stereocenters. The zero-order valence-electron chi connectivity index (χ0n) is 5.64. The zero-order chi connectivity index (χ0) is 8.43. The lowest BCUT2D eigenvalue weighted by Crippen LogP contribution is -2.00. The minimum absolute atomic E-state index is 0.0148. The van der Waals surface area contributed by atoms with Crippen molar-refractivity contribution in [1.29, 1.82) is 0 Å². The van der Waals surface area contributed by atoms with Crippen molar-refractivity contribution in [2.75, 3.05) is 0 Å². The second kappa shape index (κ2) is 3.07. The molecule has 0 saturated heterocycles. The summed E-state index contributed by atoms with van der Waals surface area (Å²) >= 11 is 5.57. The van der Waals surface area contributed by atoms with Gasteiger partial charge in [0.05, 0.1) is 0 Å². The third-order valence-corrected chi connectivity index (χ3v) is 1.72. The van der Waals surface area contributed by atoms with E-state index in [9.17, 15) is 4.39 Å². The van der Waals surface area contributed by atoms with Gasteiger partial charge >= 0.3 is 0 Å². The first kappa shape index (κ1) is 8.30. The zero-order valence-corrected chi connectivity index (χ0v) is 6.40. The average molecular weight is 176 g/mol. The Labute approximate surface area is 68.4 Å². The molecule has 1 rings (SSSR count). The molecule has 3 N–H and O–H groups in total. The van der Waals surface area contributed by atoms with Crippen LogP contribution >= 0.6 is 11.6 Å². The summed E-state index contributed by atoms with van der Waals surface area (Å²) in [7, 11) is 0. The molecular weight excluding hydrogens is 169 g/mol. The maximum absolute atomic E-state index is 12.8. The number of benzene rings is 1. The summed E-state index contributed by atoms with van der Waals surface area (Å²) in [5.41, 5.74) is 5.33. The van der Waals surface area contributed by atoms with Crippen molar-refractivity contribution in [2.24, 2.45) is 5.73 Å². The molecule has 2 nitrogen and oxygen atoms in total. The lowest BCUT2D eigenvalue weighted by Gasteiger charge is -2.03. The van der Waals surface area contributed by atoms with Crippen molar-refractivity contribution in [1.82, 2.24) is 0 Å². The fraction of sp³-hybridized carbons (Fsp3) is 0.143. The van der Waals surface area contributed by atoms with Crippen LogP contribution in [-0.4, -0.2) is 5.11 Å². The smallest absolute Gasteiger partial charge is 0.170 e. The normalized spacial score (nSPS) is 10.1. The van der Waals surface area contributed by atoms with Crippen molar-refractivity contribution < 1.29 is 9.50 Å². The minimum Gasteiger partial charge on any atom is -0.505 e. The average Bonchev–Trinajstić information content (AvgIpc) is 1.99. The van der Waals surface area contributed by atoms with Gasteiger partial charge in [-0.15, -0.1) is 0 Å². The van der Waals surface area contributed by atoms with Crippen molar-refractivity contribution >= 4 is 11.6 Å². The summed E-state index contributed by atoms with van der Waals surface area (Å²) in [5, 5.41) is 9.11. The highest BCUT2D eigenvalue weighted by atomic mass is 35.5. The largest absolute Gasteiger partial charge is 0.505 e. The van der Waals surface area contributed by atoms with Gasteiger partial charge in [-0.2, -0.15) is 0 Å². The van der Waals surface area contributed by atoms with Crippen LogP contribution in [0.4, 0.5) is 4.39 Å². The van der Waals surface area contributed by atoms with Gasteiger partial charge in [-0.3, -0.25) is 0 Å². The van der Waals surface area contributed by atoms with Crippen LogP contribution in [0.5, 0.6) is 5.75 Å². The Bertz CT molecular complexity index is 277. The molecule has 0 fully saturated rings. The summed E-state index contributed by atoms with van der Waals surface area (Å²) in [6.07, 6.45) is 0. The van der Waals surface area contributed by atoms with E-state index in [4.69, 9.17) is 22.4 Å². The number of phenols is 1. The van der Waals surface area contributed by atoms with Gasteiger partial charge in [0.1, 0.15) is 0 Å². The monoisotopic (exact) mass is 175 g/mol. The van der Waals surface area contributed by atoms with Gasteiger partial charge in [-0.05, 0) is 12.1 Å². The molecule has 0 spiro atoms. The lowest BCUT2D eigenvalue weighted by molar-refractivity contribution is 0.428. The van der Waals surface area contributed by atoms with Crippen LogP contribution in [0, 0.1) is 5.82 Å². The molecule has 0 atom stereocenters. The Morgan fingerprint density at radius 3 is 2.64 bits per heavy atom. The maximum Gasteiger partial charge on any atom is 0.170 e. The van der Waals surface area contributed by atoms with Crippen molar-refractivity contribution in [2.45, 2.75) is 6.54 Å². The summed E-state index contributed by atoms with van der Waals surface area (Å²) in [4.78, 5) is 0. The second-order valence-corrected chi connectivity index (χ2v) is 2.47. The first-order valence-electron chi connectivity index (χ1n) is 3.02. The maximum atomic E-state index is 12.8. The molecule has 60 valence electrons. The molecule has 0 bridgehead atoms. The van der Waals surface area contributed by atoms with E-state index in [1.165, 1.54) is 12.1 Å². The predicted octanol–water partition coefficient (Wildman–Crippen LogP) is 1.64. The number of nitrogens with two attached hydrogens (primary N) is 1. The molecule has 1 aromatic rings. The molecule has 0 radical (unpaired) electrons. The molecule has 0 aromatic heterocycles. The third kappa shape index (κ3) is 1.44. The highest BCUT2D eigenvalue weighted by Crippen LogP contribution is 2.25. The quantitative estimate of drug-likeness (QED) is 0.682. The highest BCUT2D eigenvalue weighted by Gasteiger charge is 2.09. The van der Waals surface area contributed by atoms with Crippen molar-refractivity contribution in [3.05, 3.63) is 28.5 Å². The molecular formula is C7H7ClFNO. The van der Waals surface area contributed by atoms with E-state index in [0.29, 0.717) is 0 Å². The van der Waals surface area contributed by atoms with Crippen LogP contribution < -0.4 is 5.73 Å². The van der Waals surface area contributed by atoms with Gasteiger partial charge < -0.3 is 10.8 Å². The van der Waals surface area contributed by atoms with Crippen molar-refractivity contribution in [3.8, 4) is 5.75 Å². The Morgan fingerprint density at radius 1 is 1.55 bits per heavy atom. The van der Waals surface area contributed by atoms with E-state index in [-0.39, 0.29) is 17.1 Å². The van der Waals surface area contributed by atoms with Crippen LogP contribution in [0.25, 0.3) is 0 Å². The van der Waals surface area contributed by atoms with E-state index in [1.54, 1.807) is 0 Å². The van der Waals surface area contributed by atoms with E-state index < -0.39 is 11.6 Å². The van der Waals surface area contributed by atoms with Crippen molar-refractivity contribution in [3.63, 3.8) is 0 Å². The second-order valence-electron chi connectivity index (χ2n) is 2.06. The Morgan fingerprint density at radius 2 is 2.18 bits per heavy atom. The van der Waals surface area contributed by atoms with Gasteiger partial charge in [0.2, 0.25) is 0 Å². The third-order valence-electron chi connectivity index (χ3n) is 1.37. The number of hydrogen-bond donors (Lipinski definition) is 2. The minimum atomic E-state index is -0.736. The van der Waals surface area contributed by atoms with Crippen LogP contribution in [0.3, 0.4) is 0 Å². The number of rotatable bonds is 1. The first-order valence-corrected chi connectivity index (χ1v) is 3.40. The fourth-order valence-corrected chi connectivity index (χ4v) is 0.996. The molecule has 11 heavy (non-hydrogen) atoms. The van der Waals surface area contributed by atoms with E-state index in [0.717, 1.165) is 0 Å². The molecule has 1 aromatic carbocycles. The molecule has 0 saturated carbocycles.